The van der Waals surface area contributed by atoms with E-state index in [1.54, 1.807) is 0 Å². The van der Waals surface area contributed by atoms with Crippen molar-refractivity contribution in [2.24, 2.45) is 23.5 Å². The van der Waals surface area contributed by atoms with Crippen molar-refractivity contribution < 1.29 is 0 Å². The van der Waals surface area contributed by atoms with E-state index in [0.717, 1.165) is 23.8 Å². The molecule has 1 heterocycles. The molecule has 1 saturated heterocycles. The molecule has 0 spiro atoms. The van der Waals surface area contributed by atoms with E-state index in [2.05, 4.69) is 37.6 Å². The zero-order valence-electron chi connectivity index (χ0n) is 14.0. The van der Waals surface area contributed by atoms with E-state index < -0.39 is 0 Å². The van der Waals surface area contributed by atoms with Gasteiger partial charge in [-0.05, 0) is 50.5 Å². The number of piperazine rings is 1. The Bertz CT molecular complexity index is 292. The molecule has 3 nitrogen and oxygen atoms in total. The third-order valence-electron chi connectivity index (χ3n) is 5.85. The highest BCUT2D eigenvalue weighted by atomic mass is 15.3. The zero-order valence-corrected chi connectivity index (χ0v) is 14.0. The fraction of sp³-hybridized carbons (Fsp3) is 1.00. The number of likely N-dealkylation sites (N-methyl/N-ethyl adjacent to an activating group) is 1. The summed E-state index contributed by atoms with van der Waals surface area (Å²) >= 11 is 0. The summed E-state index contributed by atoms with van der Waals surface area (Å²) in [5.41, 5.74) is 6.42. The predicted molar refractivity (Wildman–Crippen MR) is 86.8 cm³/mol. The molecule has 20 heavy (non-hydrogen) atoms. The quantitative estimate of drug-likeness (QED) is 0.859. The summed E-state index contributed by atoms with van der Waals surface area (Å²) in [5.74, 6) is 2.44. The number of hydrogen-bond donors (Lipinski definition) is 1. The Labute approximate surface area is 125 Å². The minimum Gasteiger partial charge on any atom is -0.327 e. The smallest absolute Gasteiger partial charge is 0.0218 e. The van der Waals surface area contributed by atoms with Gasteiger partial charge in [0.1, 0.15) is 0 Å². The monoisotopic (exact) mass is 281 g/mol. The van der Waals surface area contributed by atoms with E-state index in [9.17, 15) is 0 Å². The third kappa shape index (κ3) is 3.96. The Kier molecular flexibility index (Phi) is 5.88. The van der Waals surface area contributed by atoms with Crippen molar-refractivity contribution in [3.8, 4) is 0 Å². The van der Waals surface area contributed by atoms with Crippen LogP contribution in [0.25, 0.3) is 0 Å². The van der Waals surface area contributed by atoms with Gasteiger partial charge in [0.05, 0.1) is 0 Å². The maximum Gasteiger partial charge on any atom is 0.0218 e. The van der Waals surface area contributed by atoms with Crippen molar-refractivity contribution in [3.05, 3.63) is 0 Å². The van der Waals surface area contributed by atoms with E-state index in [1.807, 2.05) is 0 Å². The lowest BCUT2D eigenvalue weighted by Gasteiger charge is -2.43. The summed E-state index contributed by atoms with van der Waals surface area (Å²) in [6, 6.07) is 1.18. The van der Waals surface area contributed by atoms with Crippen LogP contribution in [0.15, 0.2) is 0 Å². The van der Waals surface area contributed by atoms with Gasteiger partial charge in [-0.15, -0.1) is 0 Å². The molecule has 0 aromatic heterocycles. The van der Waals surface area contributed by atoms with Crippen LogP contribution in [-0.4, -0.2) is 55.1 Å². The predicted octanol–water partition coefficient (Wildman–Crippen LogP) is 2.41. The molecule has 0 radical (unpaired) electrons. The molecule has 0 aromatic carbocycles. The van der Waals surface area contributed by atoms with Crippen LogP contribution in [0.3, 0.4) is 0 Å². The summed E-state index contributed by atoms with van der Waals surface area (Å²) in [4.78, 5) is 5.20. The van der Waals surface area contributed by atoms with Crippen LogP contribution in [0.2, 0.25) is 0 Å². The Morgan fingerprint density at radius 3 is 2.60 bits per heavy atom. The Morgan fingerprint density at radius 2 is 1.95 bits per heavy atom. The van der Waals surface area contributed by atoms with Gasteiger partial charge in [-0.1, -0.05) is 20.8 Å². The van der Waals surface area contributed by atoms with Crippen molar-refractivity contribution in [3.63, 3.8) is 0 Å². The van der Waals surface area contributed by atoms with Crippen molar-refractivity contribution in [2.45, 2.75) is 58.5 Å². The standard InChI is InChI=1S/C17H35N3/c1-5-16-12-20(9-8-19(16)4)11-15-10-14(13(2)3)6-7-17(15)18/h13-17H,5-12,18H2,1-4H3. The molecule has 2 N–H and O–H groups in total. The molecule has 118 valence electrons. The van der Waals surface area contributed by atoms with Crippen molar-refractivity contribution in [1.82, 2.24) is 9.80 Å². The van der Waals surface area contributed by atoms with E-state index in [4.69, 9.17) is 5.73 Å². The van der Waals surface area contributed by atoms with Gasteiger partial charge in [0, 0.05) is 38.3 Å². The van der Waals surface area contributed by atoms with Crippen LogP contribution in [0.4, 0.5) is 0 Å². The largest absolute Gasteiger partial charge is 0.327 e. The third-order valence-corrected chi connectivity index (χ3v) is 5.85. The highest BCUT2D eigenvalue weighted by Gasteiger charge is 2.32. The molecule has 2 rings (SSSR count). The van der Waals surface area contributed by atoms with Gasteiger partial charge in [-0.25, -0.2) is 0 Å². The molecule has 4 unspecified atom stereocenters. The minimum absolute atomic E-state index is 0.435. The summed E-state index contributed by atoms with van der Waals surface area (Å²) in [5, 5.41) is 0. The van der Waals surface area contributed by atoms with Crippen molar-refractivity contribution in [2.75, 3.05) is 33.2 Å². The first-order valence-corrected chi connectivity index (χ1v) is 8.69. The Morgan fingerprint density at radius 1 is 1.20 bits per heavy atom. The van der Waals surface area contributed by atoms with Gasteiger partial charge in [0.25, 0.3) is 0 Å². The normalized spacial score (nSPS) is 37.5. The van der Waals surface area contributed by atoms with Gasteiger partial charge in [0.2, 0.25) is 0 Å². The van der Waals surface area contributed by atoms with Gasteiger partial charge >= 0.3 is 0 Å². The number of nitrogens with zero attached hydrogens (tertiary/aromatic N) is 2. The van der Waals surface area contributed by atoms with E-state index in [0.29, 0.717) is 6.04 Å². The molecule has 2 fully saturated rings. The average molecular weight is 281 g/mol. The minimum atomic E-state index is 0.435. The fourth-order valence-corrected chi connectivity index (χ4v) is 4.09. The molecule has 1 aliphatic carbocycles. The molecule has 0 bridgehead atoms. The van der Waals surface area contributed by atoms with E-state index >= 15 is 0 Å². The second-order valence-electron chi connectivity index (χ2n) is 7.54. The fourth-order valence-electron chi connectivity index (χ4n) is 4.09. The number of rotatable bonds is 4. The van der Waals surface area contributed by atoms with E-state index in [1.165, 1.54) is 51.9 Å². The molecule has 4 atom stereocenters. The first-order chi connectivity index (χ1) is 9.51. The molecular weight excluding hydrogens is 246 g/mol. The molecule has 1 saturated carbocycles. The summed E-state index contributed by atoms with van der Waals surface area (Å²) in [6.45, 7) is 12.0. The Balaban J connectivity index is 1.88. The van der Waals surface area contributed by atoms with Gasteiger partial charge < -0.3 is 15.5 Å². The lowest BCUT2D eigenvalue weighted by atomic mass is 9.73. The summed E-state index contributed by atoms with van der Waals surface area (Å²) in [7, 11) is 2.27. The van der Waals surface area contributed by atoms with Crippen molar-refractivity contribution >= 4 is 0 Å². The van der Waals surface area contributed by atoms with Crippen LogP contribution < -0.4 is 5.73 Å². The zero-order chi connectivity index (χ0) is 14.7. The van der Waals surface area contributed by atoms with Gasteiger partial charge in [0.15, 0.2) is 0 Å². The maximum absolute atomic E-state index is 6.42. The first kappa shape index (κ1) is 16.3. The van der Waals surface area contributed by atoms with Crippen LogP contribution in [0, 0.1) is 17.8 Å². The SMILES string of the molecule is CCC1CN(CC2CC(C(C)C)CCC2N)CCN1C. The molecule has 0 amide bonds. The summed E-state index contributed by atoms with van der Waals surface area (Å²) in [6.07, 6.45) is 5.19. The topological polar surface area (TPSA) is 32.5 Å². The molecule has 3 heteroatoms. The number of nitrogens with two attached hydrogens (primary N) is 1. The van der Waals surface area contributed by atoms with Gasteiger partial charge in [-0.2, -0.15) is 0 Å². The van der Waals surface area contributed by atoms with Gasteiger partial charge in [-0.3, -0.25) is 0 Å². The second kappa shape index (κ2) is 7.24. The lowest BCUT2D eigenvalue weighted by molar-refractivity contribution is 0.0630. The van der Waals surface area contributed by atoms with Crippen LogP contribution in [0.5, 0.6) is 0 Å². The van der Waals surface area contributed by atoms with Crippen LogP contribution >= 0.6 is 0 Å². The van der Waals surface area contributed by atoms with Crippen LogP contribution in [0.1, 0.15) is 46.5 Å². The van der Waals surface area contributed by atoms with Crippen LogP contribution in [-0.2, 0) is 0 Å². The highest BCUT2D eigenvalue weighted by molar-refractivity contribution is 4.88. The van der Waals surface area contributed by atoms with E-state index in [-0.39, 0.29) is 0 Å². The summed E-state index contributed by atoms with van der Waals surface area (Å²) < 4.78 is 0. The lowest BCUT2D eigenvalue weighted by Crippen LogP contribution is -2.54. The number of hydrogen-bond acceptors (Lipinski definition) is 3. The molecule has 1 aliphatic heterocycles. The molecular formula is C17H35N3. The molecule has 2 aliphatic rings. The first-order valence-electron chi connectivity index (χ1n) is 8.69. The highest BCUT2D eigenvalue weighted by Crippen LogP contribution is 2.33. The van der Waals surface area contributed by atoms with Crippen molar-refractivity contribution in [1.29, 1.82) is 0 Å². The Hall–Kier alpha value is -0.120. The average Bonchev–Trinajstić information content (AvgIpc) is 2.43. The molecule has 0 aromatic rings. The second-order valence-corrected chi connectivity index (χ2v) is 7.54. The maximum atomic E-state index is 6.42.